The van der Waals surface area contributed by atoms with Crippen molar-refractivity contribution in [2.24, 2.45) is 0 Å². The molecule has 0 saturated heterocycles. The Morgan fingerprint density at radius 3 is 2.68 bits per heavy atom. The van der Waals surface area contributed by atoms with E-state index in [-0.39, 0.29) is 17.3 Å². The van der Waals surface area contributed by atoms with Crippen molar-refractivity contribution in [3.63, 3.8) is 0 Å². The van der Waals surface area contributed by atoms with Crippen molar-refractivity contribution in [1.29, 1.82) is 0 Å². The van der Waals surface area contributed by atoms with E-state index in [1.807, 2.05) is 0 Å². The van der Waals surface area contributed by atoms with Crippen LogP contribution in [-0.2, 0) is 12.1 Å². The number of hydrogen-bond donors (Lipinski definition) is 1. The number of rotatable bonds is 5. The molecule has 0 spiro atoms. The second-order valence-electron chi connectivity index (χ2n) is 5.63. The molecule has 0 aliphatic rings. The van der Waals surface area contributed by atoms with Crippen LogP contribution >= 0.6 is 11.6 Å². The minimum atomic E-state index is -1.77. The second-order valence-corrected chi connectivity index (χ2v) is 6.02. The van der Waals surface area contributed by atoms with E-state index in [0.717, 1.165) is 12.1 Å². The van der Waals surface area contributed by atoms with Crippen molar-refractivity contribution in [3.8, 4) is 0 Å². The number of halogens is 3. The van der Waals surface area contributed by atoms with Crippen LogP contribution in [0.2, 0.25) is 5.15 Å². The largest absolute Gasteiger partial charge is 0.382 e. The third-order valence-corrected chi connectivity index (χ3v) is 4.29. The van der Waals surface area contributed by atoms with Crippen LogP contribution in [0.15, 0.2) is 43.2 Å². The van der Waals surface area contributed by atoms with Gasteiger partial charge in [-0.15, -0.1) is 0 Å². The van der Waals surface area contributed by atoms with E-state index in [4.69, 9.17) is 11.6 Å². The molecule has 25 heavy (non-hydrogen) atoms. The first-order chi connectivity index (χ1) is 11.9. The highest BCUT2D eigenvalue weighted by atomic mass is 35.5. The van der Waals surface area contributed by atoms with Crippen molar-refractivity contribution in [2.75, 3.05) is 0 Å². The summed E-state index contributed by atoms with van der Waals surface area (Å²) in [6.07, 6.45) is 3.95. The van der Waals surface area contributed by atoms with E-state index in [0.29, 0.717) is 5.69 Å². The van der Waals surface area contributed by atoms with Crippen molar-refractivity contribution in [2.45, 2.75) is 25.0 Å². The van der Waals surface area contributed by atoms with Gasteiger partial charge in [0.15, 0.2) is 0 Å². The molecule has 0 amide bonds. The van der Waals surface area contributed by atoms with Gasteiger partial charge in [-0.1, -0.05) is 24.6 Å². The molecule has 6 nitrogen and oxygen atoms in total. The second kappa shape index (κ2) is 6.81. The Bertz CT molecular complexity index is 877. The first-order valence-corrected chi connectivity index (χ1v) is 7.75. The standard InChI is InChI=1S/C16H14ClF2N5O/c1-10(14-5-15(17)22-8-21-14)16(25,6-24-9-20-7-23-24)12-3-2-11(18)4-13(12)19/h2-5,7-10,25H,6H2,1H3/t10-,16-/m0/s1. The third kappa shape index (κ3) is 3.49. The summed E-state index contributed by atoms with van der Waals surface area (Å²) in [5.74, 6) is -2.30. The molecule has 0 fully saturated rings. The molecule has 0 aliphatic heterocycles. The summed E-state index contributed by atoms with van der Waals surface area (Å²) >= 11 is 5.90. The van der Waals surface area contributed by atoms with Crippen LogP contribution in [0.25, 0.3) is 0 Å². The van der Waals surface area contributed by atoms with Crippen LogP contribution in [0, 0.1) is 11.6 Å². The Hall–Kier alpha value is -2.45. The van der Waals surface area contributed by atoms with Gasteiger partial charge in [0.25, 0.3) is 0 Å². The molecule has 2 aromatic heterocycles. The topological polar surface area (TPSA) is 76.7 Å². The average molecular weight is 366 g/mol. The molecule has 3 aromatic rings. The van der Waals surface area contributed by atoms with Gasteiger partial charge < -0.3 is 5.11 Å². The molecule has 2 atom stereocenters. The first kappa shape index (κ1) is 17.4. The molecular weight excluding hydrogens is 352 g/mol. The number of aliphatic hydroxyl groups is 1. The lowest BCUT2D eigenvalue weighted by Crippen LogP contribution is -2.38. The zero-order chi connectivity index (χ0) is 18.0. The van der Waals surface area contributed by atoms with E-state index >= 15 is 0 Å². The fourth-order valence-electron chi connectivity index (χ4n) is 2.69. The van der Waals surface area contributed by atoms with Gasteiger partial charge in [0.05, 0.1) is 12.2 Å². The van der Waals surface area contributed by atoms with Gasteiger partial charge in [-0.05, 0) is 12.1 Å². The predicted octanol–water partition coefficient (Wildman–Crippen LogP) is 2.69. The van der Waals surface area contributed by atoms with Crippen LogP contribution in [0.4, 0.5) is 8.78 Å². The van der Waals surface area contributed by atoms with Gasteiger partial charge in [-0.2, -0.15) is 5.10 Å². The molecule has 0 bridgehead atoms. The first-order valence-electron chi connectivity index (χ1n) is 7.38. The minimum Gasteiger partial charge on any atom is -0.382 e. The molecular formula is C16H14ClF2N5O. The Labute approximate surface area is 147 Å². The molecule has 9 heteroatoms. The predicted molar refractivity (Wildman–Crippen MR) is 85.7 cm³/mol. The number of hydrogen-bond acceptors (Lipinski definition) is 5. The SMILES string of the molecule is C[C@@H](c1cc(Cl)ncn1)[C@@](O)(Cn1cncn1)c1ccc(F)cc1F. The zero-order valence-electron chi connectivity index (χ0n) is 13.1. The molecule has 0 unspecified atom stereocenters. The minimum absolute atomic E-state index is 0.0772. The third-order valence-electron chi connectivity index (χ3n) is 4.08. The van der Waals surface area contributed by atoms with Gasteiger partial charge in [0, 0.05) is 17.5 Å². The summed E-state index contributed by atoms with van der Waals surface area (Å²) in [5.41, 5.74) is -1.44. The van der Waals surface area contributed by atoms with Gasteiger partial charge in [0.2, 0.25) is 0 Å². The summed E-state index contributed by atoms with van der Waals surface area (Å²) in [5, 5.41) is 15.5. The smallest absolute Gasteiger partial charge is 0.137 e. The highest BCUT2D eigenvalue weighted by Crippen LogP contribution is 2.39. The molecule has 0 saturated carbocycles. The molecule has 1 N–H and O–H groups in total. The van der Waals surface area contributed by atoms with Crippen molar-refractivity contribution in [3.05, 3.63) is 71.3 Å². The fourth-order valence-corrected chi connectivity index (χ4v) is 2.84. The lowest BCUT2D eigenvalue weighted by molar-refractivity contribution is -0.0123. The van der Waals surface area contributed by atoms with Crippen molar-refractivity contribution in [1.82, 2.24) is 24.7 Å². The lowest BCUT2D eigenvalue weighted by Gasteiger charge is -2.34. The number of nitrogens with zero attached hydrogens (tertiary/aromatic N) is 5. The van der Waals surface area contributed by atoms with Crippen LogP contribution in [0.5, 0.6) is 0 Å². The van der Waals surface area contributed by atoms with Crippen LogP contribution in [0.3, 0.4) is 0 Å². The highest BCUT2D eigenvalue weighted by molar-refractivity contribution is 6.29. The maximum Gasteiger partial charge on any atom is 0.137 e. The summed E-state index contributed by atoms with van der Waals surface area (Å²) in [6, 6.07) is 4.51. The quantitative estimate of drug-likeness (QED) is 0.703. The maximum atomic E-state index is 14.4. The average Bonchev–Trinajstić information content (AvgIpc) is 3.06. The van der Waals surface area contributed by atoms with Crippen LogP contribution in [0.1, 0.15) is 24.1 Å². The molecule has 3 rings (SSSR count). The fraction of sp³-hybridized carbons (Fsp3) is 0.250. The van der Waals surface area contributed by atoms with Gasteiger partial charge in [-0.25, -0.2) is 28.4 Å². The summed E-state index contributed by atoms with van der Waals surface area (Å²) in [6.45, 7) is 1.55. The Kier molecular flexibility index (Phi) is 4.73. The van der Waals surface area contributed by atoms with Gasteiger partial charge in [0.1, 0.15) is 41.4 Å². The lowest BCUT2D eigenvalue weighted by atomic mass is 9.80. The van der Waals surface area contributed by atoms with Crippen molar-refractivity contribution >= 4 is 11.6 Å². The Morgan fingerprint density at radius 1 is 1.24 bits per heavy atom. The van der Waals surface area contributed by atoms with E-state index in [9.17, 15) is 13.9 Å². The Balaban J connectivity index is 2.11. The maximum absolute atomic E-state index is 14.4. The van der Waals surface area contributed by atoms with E-state index in [2.05, 4.69) is 20.1 Å². The molecule has 2 heterocycles. The van der Waals surface area contributed by atoms with Crippen LogP contribution < -0.4 is 0 Å². The van der Waals surface area contributed by atoms with Gasteiger partial charge >= 0.3 is 0 Å². The van der Waals surface area contributed by atoms with E-state index < -0.39 is 23.2 Å². The van der Waals surface area contributed by atoms with Crippen molar-refractivity contribution < 1.29 is 13.9 Å². The zero-order valence-corrected chi connectivity index (χ0v) is 13.9. The highest BCUT2D eigenvalue weighted by Gasteiger charge is 2.40. The monoisotopic (exact) mass is 365 g/mol. The molecule has 130 valence electrons. The Morgan fingerprint density at radius 2 is 2.04 bits per heavy atom. The van der Waals surface area contributed by atoms with E-state index in [1.165, 1.54) is 35.8 Å². The van der Waals surface area contributed by atoms with Gasteiger partial charge in [-0.3, -0.25) is 0 Å². The number of aromatic nitrogens is 5. The number of benzene rings is 1. The molecule has 0 radical (unpaired) electrons. The van der Waals surface area contributed by atoms with Crippen LogP contribution in [-0.4, -0.2) is 29.8 Å². The molecule has 0 aliphatic carbocycles. The summed E-state index contributed by atoms with van der Waals surface area (Å²) in [7, 11) is 0. The normalized spacial score (nSPS) is 14.9. The summed E-state index contributed by atoms with van der Waals surface area (Å²) in [4.78, 5) is 11.7. The summed E-state index contributed by atoms with van der Waals surface area (Å²) < 4.78 is 29.1. The molecule has 1 aromatic carbocycles. The van der Waals surface area contributed by atoms with E-state index in [1.54, 1.807) is 6.92 Å².